The number of amides is 1. The molecule has 1 aliphatic rings. The van der Waals surface area contributed by atoms with Crippen LogP contribution in [0.3, 0.4) is 0 Å². The van der Waals surface area contributed by atoms with Crippen LogP contribution < -0.4 is 4.90 Å². The minimum absolute atomic E-state index is 0.211. The average molecular weight is 427 g/mol. The van der Waals surface area contributed by atoms with Crippen LogP contribution in [0.5, 0.6) is 0 Å². The second-order valence-electron chi connectivity index (χ2n) is 6.99. The summed E-state index contributed by atoms with van der Waals surface area (Å²) in [6.45, 7) is 5.96. The Morgan fingerprint density at radius 1 is 1.32 bits per heavy atom. The van der Waals surface area contributed by atoms with Gasteiger partial charge >= 0.3 is 0 Å². The van der Waals surface area contributed by atoms with Gasteiger partial charge in [0.1, 0.15) is 0 Å². The first-order valence-electron chi connectivity index (χ1n) is 9.13. The highest BCUT2D eigenvalue weighted by molar-refractivity contribution is 7.88. The molecule has 3 rings (SSSR count). The lowest BCUT2D eigenvalue weighted by Crippen LogP contribution is -2.46. The van der Waals surface area contributed by atoms with Crippen molar-refractivity contribution in [2.24, 2.45) is 0 Å². The van der Waals surface area contributed by atoms with Crippen molar-refractivity contribution in [1.29, 1.82) is 0 Å². The second kappa shape index (κ2) is 8.83. The Labute approximate surface area is 169 Å². The first kappa shape index (κ1) is 21.1. The van der Waals surface area contributed by atoms with E-state index in [0.29, 0.717) is 31.4 Å². The van der Waals surface area contributed by atoms with Crippen molar-refractivity contribution in [1.82, 2.24) is 14.2 Å². The number of aryl methyl sites for hydroxylation is 1. The topological polar surface area (TPSA) is 83.1 Å². The summed E-state index contributed by atoms with van der Waals surface area (Å²) in [7, 11) is -2.03. The number of morpholine rings is 1. The van der Waals surface area contributed by atoms with Crippen LogP contribution in [0, 0.1) is 6.92 Å². The van der Waals surface area contributed by atoms with Gasteiger partial charge in [-0.2, -0.15) is 4.31 Å². The maximum absolute atomic E-state index is 13.0. The number of nitrogens with zero attached hydrogens (tertiary/aromatic N) is 4. The lowest BCUT2D eigenvalue weighted by molar-refractivity contribution is -0.118. The number of hydrogen-bond acceptors (Lipinski definition) is 7. The molecule has 0 saturated carbocycles. The molecule has 10 heteroatoms. The maximum atomic E-state index is 13.0. The van der Waals surface area contributed by atoms with E-state index >= 15 is 0 Å². The fourth-order valence-electron chi connectivity index (χ4n) is 2.92. The fraction of sp³-hybridized carbons (Fsp3) is 0.556. The molecule has 2 heterocycles. The molecule has 0 spiro atoms. The summed E-state index contributed by atoms with van der Waals surface area (Å²) in [5.41, 5.74) is 1.97. The fourth-order valence-corrected chi connectivity index (χ4v) is 4.37. The molecule has 0 bridgehead atoms. The van der Waals surface area contributed by atoms with Crippen LogP contribution in [-0.2, 0) is 19.6 Å². The number of benzene rings is 1. The summed E-state index contributed by atoms with van der Waals surface area (Å²) >= 11 is 1.45. The van der Waals surface area contributed by atoms with E-state index in [9.17, 15) is 13.2 Å². The molecule has 0 unspecified atom stereocenters. The number of likely N-dealkylation sites (N-methyl/N-ethyl adjacent to an activating group) is 1. The molecule has 0 aliphatic carbocycles. The number of aromatic nitrogens is 1. The van der Waals surface area contributed by atoms with Crippen LogP contribution in [0.4, 0.5) is 5.13 Å². The molecule has 1 amide bonds. The van der Waals surface area contributed by atoms with Gasteiger partial charge in [0.25, 0.3) is 0 Å². The van der Waals surface area contributed by atoms with Gasteiger partial charge in [-0.1, -0.05) is 17.4 Å². The summed E-state index contributed by atoms with van der Waals surface area (Å²) in [5, 5.41) is 0.598. The number of thiazole rings is 1. The number of sulfonamides is 1. The van der Waals surface area contributed by atoms with E-state index in [-0.39, 0.29) is 12.5 Å². The highest BCUT2D eigenvalue weighted by atomic mass is 32.2. The van der Waals surface area contributed by atoms with Crippen molar-refractivity contribution in [2.75, 3.05) is 64.1 Å². The lowest BCUT2D eigenvalue weighted by atomic mass is 10.2. The summed E-state index contributed by atoms with van der Waals surface area (Å²) in [6.07, 6.45) is 1.10. The Morgan fingerprint density at radius 3 is 2.71 bits per heavy atom. The molecule has 0 N–H and O–H groups in total. The lowest BCUT2D eigenvalue weighted by Gasteiger charge is -2.29. The van der Waals surface area contributed by atoms with Gasteiger partial charge in [-0.15, -0.1) is 0 Å². The molecule has 154 valence electrons. The highest BCUT2D eigenvalue weighted by Gasteiger charge is 2.25. The van der Waals surface area contributed by atoms with Crippen LogP contribution in [0.25, 0.3) is 10.2 Å². The molecular weight excluding hydrogens is 400 g/mol. The zero-order valence-electron chi connectivity index (χ0n) is 16.4. The predicted molar refractivity (Wildman–Crippen MR) is 111 cm³/mol. The number of carbonyl (C=O) groups is 1. The van der Waals surface area contributed by atoms with Crippen molar-refractivity contribution in [3.8, 4) is 0 Å². The zero-order valence-corrected chi connectivity index (χ0v) is 18.1. The maximum Gasteiger partial charge on any atom is 0.244 e. The van der Waals surface area contributed by atoms with Gasteiger partial charge in [0, 0.05) is 33.2 Å². The molecular formula is C18H26N4O4S2. The number of anilines is 1. The number of ether oxygens (including phenoxy) is 1. The monoisotopic (exact) mass is 426 g/mol. The molecule has 1 aliphatic heterocycles. The van der Waals surface area contributed by atoms with Crippen molar-refractivity contribution in [3.63, 3.8) is 0 Å². The van der Waals surface area contributed by atoms with Crippen molar-refractivity contribution < 1.29 is 17.9 Å². The van der Waals surface area contributed by atoms with E-state index in [1.165, 1.54) is 18.4 Å². The van der Waals surface area contributed by atoms with Crippen LogP contribution in [-0.4, -0.2) is 87.8 Å². The quantitative estimate of drug-likeness (QED) is 0.661. The Morgan fingerprint density at radius 2 is 2.04 bits per heavy atom. The third-order valence-electron chi connectivity index (χ3n) is 4.73. The van der Waals surface area contributed by atoms with E-state index in [1.54, 1.807) is 4.90 Å². The van der Waals surface area contributed by atoms with E-state index < -0.39 is 10.0 Å². The number of fused-ring (bicyclic) bond motifs is 1. The summed E-state index contributed by atoms with van der Waals surface area (Å²) in [4.78, 5) is 21.4. The van der Waals surface area contributed by atoms with Crippen LogP contribution in [0.15, 0.2) is 18.2 Å². The van der Waals surface area contributed by atoms with Gasteiger partial charge in [0.2, 0.25) is 15.9 Å². The van der Waals surface area contributed by atoms with Gasteiger partial charge in [-0.3, -0.25) is 14.6 Å². The van der Waals surface area contributed by atoms with Gasteiger partial charge in [-0.05, 0) is 24.6 Å². The number of carbonyl (C=O) groups excluding carboxylic acids is 1. The summed E-state index contributed by atoms with van der Waals surface area (Å²) in [5.74, 6) is -0.281. The smallest absolute Gasteiger partial charge is 0.244 e. The van der Waals surface area contributed by atoms with Crippen molar-refractivity contribution in [2.45, 2.75) is 6.92 Å². The number of hydrogen-bond donors (Lipinski definition) is 0. The van der Waals surface area contributed by atoms with Crippen LogP contribution >= 0.6 is 11.3 Å². The molecule has 0 atom stereocenters. The molecule has 0 radical (unpaired) electrons. The Hall–Kier alpha value is -1.59. The third kappa shape index (κ3) is 5.26. The summed E-state index contributed by atoms with van der Waals surface area (Å²) < 4.78 is 30.9. The predicted octanol–water partition coefficient (Wildman–Crippen LogP) is 1.16. The highest BCUT2D eigenvalue weighted by Crippen LogP contribution is 2.29. The molecule has 8 nitrogen and oxygen atoms in total. The first-order valence-corrected chi connectivity index (χ1v) is 11.8. The van der Waals surface area contributed by atoms with E-state index in [0.717, 1.165) is 39.4 Å². The normalized spacial score (nSPS) is 16.0. The number of rotatable bonds is 7. The Kier molecular flexibility index (Phi) is 6.66. The van der Waals surface area contributed by atoms with Crippen LogP contribution in [0.1, 0.15) is 5.56 Å². The molecule has 1 aromatic carbocycles. The van der Waals surface area contributed by atoms with Gasteiger partial charge in [0.15, 0.2) is 5.13 Å². The first-order chi connectivity index (χ1) is 13.2. The van der Waals surface area contributed by atoms with E-state index in [1.807, 2.05) is 25.1 Å². The van der Waals surface area contributed by atoms with Gasteiger partial charge < -0.3 is 4.74 Å². The SMILES string of the molecule is Cc1ccc2nc(N(CCN3CCOCC3)C(=O)CN(C)S(C)(=O)=O)sc2c1. The second-order valence-corrected chi connectivity index (χ2v) is 10.1. The molecule has 1 aromatic heterocycles. The van der Waals surface area contributed by atoms with Crippen LogP contribution in [0.2, 0.25) is 0 Å². The Bertz CT molecular complexity index is 938. The molecule has 2 aromatic rings. The van der Waals surface area contributed by atoms with Gasteiger partial charge in [-0.25, -0.2) is 13.4 Å². The molecule has 28 heavy (non-hydrogen) atoms. The van der Waals surface area contributed by atoms with E-state index in [4.69, 9.17) is 4.74 Å². The van der Waals surface area contributed by atoms with E-state index in [2.05, 4.69) is 9.88 Å². The average Bonchev–Trinajstić information content (AvgIpc) is 3.04. The van der Waals surface area contributed by atoms with Crippen molar-refractivity contribution in [3.05, 3.63) is 23.8 Å². The van der Waals surface area contributed by atoms with Gasteiger partial charge in [0.05, 0.1) is 36.2 Å². The standard InChI is InChI=1S/C18H26N4O4S2/c1-14-4-5-15-16(12-14)27-18(19-15)22(7-6-21-8-10-26-11-9-21)17(23)13-20(2)28(3,24)25/h4-5,12H,6-11,13H2,1-3H3. The molecule has 1 saturated heterocycles. The minimum Gasteiger partial charge on any atom is -0.379 e. The van der Waals surface area contributed by atoms with Crippen molar-refractivity contribution >= 4 is 42.6 Å². The molecule has 1 fully saturated rings. The minimum atomic E-state index is -3.44. The summed E-state index contributed by atoms with van der Waals surface area (Å²) in [6, 6.07) is 5.98. The largest absolute Gasteiger partial charge is 0.379 e. The third-order valence-corrected chi connectivity index (χ3v) is 7.03. The Balaban J connectivity index is 1.82. The zero-order chi connectivity index (χ0) is 20.3.